The molecule has 0 aliphatic carbocycles. The molecule has 4 nitrogen and oxygen atoms in total. The number of hydrogen-bond acceptors (Lipinski definition) is 2. The Bertz CT molecular complexity index is 542. The van der Waals surface area contributed by atoms with Crippen molar-refractivity contribution >= 4 is 16.8 Å². The number of carbonyl (C=O) groups is 1. The molecule has 0 aliphatic rings. The number of aromatic nitrogens is 2. The van der Waals surface area contributed by atoms with Crippen molar-refractivity contribution in [3.05, 3.63) is 42.1 Å². The van der Waals surface area contributed by atoms with E-state index in [1.165, 1.54) is 0 Å². The Morgan fingerprint density at radius 1 is 1.56 bits per heavy atom. The van der Waals surface area contributed by atoms with Crippen LogP contribution in [0.3, 0.4) is 0 Å². The topological polar surface area (TPSA) is 57.8 Å². The average molecular weight is 215 g/mol. The van der Waals surface area contributed by atoms with Crippen molar-refractivity contribution < 1.29 is 4.79 Å². The quantitative estimate of drug-likeness (QED) is 0.768. The summed E-state index contributed by atoms with van der Waals surface area (Å²) in [5.41, 5.74) is 2.49. The molecule has 4 heteroatoms. The minimum absolute atomic E-state index is 0.0916. The van der Waals surface area contributed by atoms with Gasteiger partial charge in [-0.1, -0.05) is 12.2 Å². The normalized spacial score (nSPS) is 10.3. The third-order valence-electron chi connectivity index (χ3n) is 2.25. The summed E-state index contributed by atoms with van der Waals surface area (Å²) in [7, 11) is 0. The van der Waals surface area contributed by atoms with Gasteiger partial charge in [-0.2, -0.15) is 5.10 Å². The van der Waals surface area contributed by atoms with Crippen LogP contribution in [0.15, 0.2) is 36.5 Å². The number of fused-ring (bicyclic) bond motifs is 1. The minimum Gasteiger partial charge on any atom is -0.348 e. The number of hydrogen-bond donors (Lipinski definition) is 2. The molecule has 16 heavy (non-hydrogen) atoms. The lowest BCUT2D eigenvalue weighted by Gasteiger charge is -2.04. The van der Waals surface area contributed by atoms with Crippen molar-refractivity contribution in [2.24, 2.45) is 0 Å². The van der Waals surface area contributed by atoms with Gasteiger partial charge in [0.1, 0.15) is 0 Å². The van der Waals surface area contributed by atoms with E-state index in [-0.39, 0.29) is 5.91 Å². The summed E-state index contributed by atoms with van der Waals surface area (Å²) in [6, 6.07) is 5.43. The summed E-state index contributed by atoms with van der Waals surface area (Å²) >= 11 is 0. The number of nitrogens with one attached hydrogen (secondary N) is 2. The first kappa shape index (κ1) is 10.4. The van der Waals surface area contributed by atoms with Crippen molar-refractivity contribution in [2.75, 3.05) is 6.54 Å². The van der Waals surface area contributed by atoms with Gasteiger partial charge in [-0.05, 0) is 25.1 Å². The molecule has 2 rings (SSSR count). The first-order valence-electron chi connectivity index (χ1n) is 5.02. The van der Waals surface area contributed by atoms with Gasteiger partial charge in [0.05, 0.1) is 11.7 Å². The van der Waals surface area contributed by atoms with Crippen LogP contribution in [-0.2, 0) is 0 Å². The molecule has 2 aromatic rings. The van der Waals surface area contributed by atoms with Crippen LogP contribution < -0.4 is 5.32 Å². The van der Waals surface area contributed by atoms with Gasteiger partial charge in [0.2, 0.25) is 0 Å². The average Bonchev–Trinajstić information content (AvgIpc) is 2.72. The molecule has 0 saturated carbocycles. The van der Waals surface area contributed by atoms with Crippen molar-refractivity contribution in [3.8, 4) is 0 Å². The van der Waals surface area contributed by atoms with Crippen LogP contribution in [-0.4, -0.2) is 22.6 Å². The van der Waals surface area contributed by atoms with E-state index in [4.69, 9.17) is 0 Å². The highest BCUT2D eigenvalue weighted by atomic mass is 16.1. The smallest absolute Gasteiger partial charge is 0.251 e. The molecule has 1 aromatic heterocycles. The van der Waals surface area contributed by atoms with Crippen LogP contribution in [0.1, 0.15) is 17.3 Å². The molecule has 0 aliphatic heterocycles. The summed E-state index contributed by atoms with van der Waals surface area (Å²) < 4.78 is 0. The van der Waals surface area contributed by atoms with E-state index in [0.717, 1.165) is 16.5 Å². The van der Waals surface area contributed by atoms with Crippen molar-refractivity contribution in [3.63, 3.8) is 0 Å². The third kappa shape index (κ3) is 2.11. The zero-order valence-electron chi connectivity index (χ0n) is 9.08. The van der Waals surface area contributed by atoms with Crippen molar-refractivity contribution in [1.82, 2.24) is 15.5 Å². The second kappa shape index (κ2) is 4.18. The van der Waals surface area contributed by atoms with E-state index in [1.807, 2.05) is 19.1 Å². The highest BCUT2D eigenvalue weighted by Gasteiger charge is 2.06. The molecule has 82 valence electrons. The summed E-state index contributed by atoms with van der Waals surface area (Å²) in [5, 5.41) is 10.5. The molecule has 2 N–H and O–H groups in total. The molecule has 1 heterocycles. The highest BCUT2D eigenvalue weighted by molar-refractivity contribution is 5.97. The molecule has 0 radical (unpaired) electrons. The van der Waals surface area contributed by atoms with E-state index < -0.39 is 0 Å². The SMILES string of the molecule is C=C(C)CNC(=O)c1ccc2[nH]ncc2c1. The maximum Gasteiger partial charge on any atom is 0.251 e. The molecule has 1 amide bonds. The van der Waals surface area contributed by atoms with Crippen molar-refractivity contribution in [2.45, 2.75) is 6.92 Å². The number of carbonyl (C=O) groups excluding carboxylic acids is 1. The molecule has 0 saturated heterocycles. The fourth-order valence-corrected chi connectivity index (χ4v) is 1.42. The van der Waals surface area contributed by atoms with E-state index in [2.05, 4.69) is 22.1 Å². The third-order valence-corrected chi connectivity index (χ3v) is 2.25. The second-order valence-electron chi connectivity index (χ2n) is 3.81. The van der Waals surface area contributed by atoms with Crippen LogP contribution in [0.25, 0.3) is 10.9 Å². The van der Waals surface area contributed by atoms with Gasteiger partial charge in [0.15, 0.2) is 0 Å². The van der Waals surface area contributed by atoms with E-state index >= 15 is 0 Å². The maximum atomic E-state index is 11.7. The summed E-state index contributed by atoms with van der Waals surface area (Å²) in [6.07, 6.45) is 1.70. The number of H-pyrrole nitrogens is 1. The van der Waals surface area contributed by atoms with Crippen molar-refractivity contribution in [1.29, 1.82) is 0 Å². The van der Waals surface area contributed by atoms with Gasteiger partial charge in [-0.3, -0.25) is 9.89 Å². The number of benzene rings is 1. The van der Waals surface area contributed by atoms with Gasteiger partial charge in [-0.15, -0.1) is 0 Å². The summed E-state index contributed by atoms with van der Waals surface area (Å²) in [5.74, 6) is -0.0916. The lowest BCUT2D eigenvalue weighted by Crippen LogP contribution is -2.24. The summed E-state index contributed by atoms with van der Waals surface area (Å²) in [4.78, 5) is 11.7. The van der Waals surface area contributed by atoms with Gasteiger partial charge in [-0.25, -0.2) is 0 Å². The molecule has 1 aromatic carbocycles. The molecule has 0 spiro atoms. The molecule has 0 fully saturated rings. The Morgan fingerprint density at radius 3 is 3.12 bits per heavy atom. The Kier molecular flexibility index (Phi) is 2.72. The predicted octanol–water partition coefficient (Wildman–Crippen LogP) is 1.87. The van der Waals surface area contributed by atoms with Crippen LogP contribution >= 0.6 is 0 Å². The molecular weight excluding hydrogens is 202 g/mol. The lowest BCUT2D eigenvalue weighted by molar-refractivity contribution is 0.0957. The maximum absolute atomic E-state index is 11.7. The zero-order chi connectivity index (χ0) is 11.5. The van der Waals surface area contributed by atoms with Gasteiger partial charge in [0, 0.05) is 17.5 Å². The number of aromatic amines is 1. The highest BCUT2D eigenvalue weighted by Crippen LogP contribution is 2.12. The van der Waals surface area contributed by atoms with Gasteiger partial charge in [0.25, 0.3) is 5.91 Å². The first-order chi connectivity index (χ1) is 7.66. The minimum atomic E-state index is -0.0916. The second-order valence-corrected chi connectivity index (χ2v) is 3.81. The number of nitrogens with zero attached hydrogens (tertiary/aromatic N) is 1. The zero-order valence-corrected chi connectivity index (χ0v) is 9.08. The van der Waals surface area contributed by atoms with Crippen LogP contribution in [0.5, 0.6) is 0 Å². The molecular formula is C12H13N3O. The fourth-order valence-electron chi connectivity index (χ4n) is 1.42. The standard InChI is InChI=1S/C12H13N3O/c1-8(2)6-13-12(16)9-3-4-11-10(5-9)7-14-15-11/h3-5,7H,1,6H2,2H3,(H,13,16)(H,14,15). The predicted molar refractivity (Wildman–Crippen MR) is 63.2 cm³/mol. The Morgan fingerprint density at radius 2 is 2.38 bits per heavy atom. The molecule has 0 atom stereocenters. The van der Waals surface area contributed by atoms with Crippen LogP contribution in [0, 0.1) is 0 Å². The fraction of sp³-hybridized carbons (Fsp3) is 0.167. The Labute approximate surface area is 93.4 Å². The monoisotopic (exact) mass is 215 g/mol. The van der Waals surface area contributed by atoms with Crippen LogP contribution in [0.4, 0.5) is 0 Å². The summed E-state index contributed by atoms with van der Waals surface area (Å²) in [6.45, 7) is 6.11. The van der Waals surface area contributed by atoms with Crippen LogP contribution in [0.2, 0.25) is 0 Å². The number of rotatable bonds is 3. The lowest BCUT2D eigenvalue weighted by atomic mass is 10.1. The molecule has 0 bridgehead atoms. The largest absolute Gasteiger partial charge is 0.348 e. The van der Waals surface area contributed by atoms with E-state index in [9.17, 15) is 4.79 Å². The molecule has 0 unspecified atom stereocenters. The Hall–Kier alpha value is -2.10. The van der Waals surface area contributed by atoms with E-state index in [1.54, 1.807) is 12.3 Å². The van der Waals surface area contributed by atoms with Gasteiger partial charge < -0.3 is 5.32 Å². The number of amides is 1. The van der Waals surface area contributed by atoms with E-state index in [0.29, 0.717) is 12.1 Å². The first-order valence-corrected chi connectivity index (χ1v) is 5.02. The van der Waals surface area contributed by atoms with Gasteiger partial charge >= 0.3 is 0 Å². The Balaban J connectivity index is 2.19.